The van der Waals surface area contributed by atoms with Crippen molar-refractivity contribution in [3.8, 4) is 11.5 Å². The molecule has 2 heterocycles. The molecule has 0 saturated heterocycles. The summed E-state index contributed by atoms with van der Waals surface area (Å²) in [5.41, 5.74) is 6.94. The van der Waals surface area contributed by atoms with E-state index in [0.29, 0.717) is 48.6 Å². The number of halogens is 2. The Morgan fingerprint density at radius 3 is 2.49 bits per heavy atom. The Hall–Kier alpha value is -5.02. The zero-order chi connectivity index (χ0) is 32.9. The second-order valence-corrected chi connectivity index (χ2v) is 11.8. The minimum atomic E-state index is -0.585. The van der Waals surface area contributed by atoms with E-state index in [0.717, 1.165) is 58.1 Å². The van der Waals surface area contributed by atoms with Crippen LogP contribution in [0.3, 0.4) is 0 Å². The molecule has 7 nitrogen and oxygen atoms in total. The number of ether oxygens (including phenoxy) is 2. The second kappa shape index (κ2) is 14.2. The van der Waals surface area contributed by atoms with E-state index < -0.39 is 11.6 Å². The van der Waals surface area contributed by atoms with Gasteiger partial charge in [0.15, 0.2) is 11.5 Å². The van der Waals surface area contributed by atoms with Gasteiger partial charge in [0, 0.05) is 59.8 Å². The number of carbonyl (C=O) groups excluding carboxylic acids is 1. The fraction of sp³-hybridized carbons (Fsp3) is 0.263. The molecule has 242 valence electrons. The van der Waals surface area contributed by atoms with Crippen molar-refractivity contribution in [1.82, 2.24) is 15.2 Å². The van der Waals surface area contributed by atoms with Crippen molar-refractivity contribution in [3.05, 3.63) is 125 Å². The average Bonchev–Trinajstić information content (AvgIpc) is 3.06. The van der Waals surface area contributed by atoms with Crippen LogP contribution in [0.4, 0.5) is 20.2 Å². The van der Waals surface area contributed by atoms with Gasteiger partial charge in [-0.1, -0.05) is 24.3 Å². The summed E-state index contributed by atoms with van der Waals surface area (Å²) in [5.74, 6) is -0.0365. The molecule has 6 rings (SSSR count). The van der Waals surface area contributed by atoms with Crippen molar-refractivity contribution < 1.29 is 23.0 Å². The van der Waals surface area contributed by atoms with Crippen molar-refractivity contribution in [2.75, 3.05) is 39.2 Å². The fourth-order valence-electron chi connectivity index (χ4n) is 6.46. The van der Waals surface area contributed by atoms with E-state index in [1.54, 1.807) is 20.3 Å². The van der Waals surface area contributed by atoms with Crippen molar-refractivity contribution in [2.45, 2.75) is 32.2 Å². The third-order valence-corrected chi connectivity index (χ3v) is 8.67. The van der Waals surface area contributed by atoms with Gasteiger partial charge < -0.3 is 20.1 Å². The number of nitrogens with one attached hydrogen (secondary N) is 2. The molecule has 4 aromatic carbocycles. The molecule has 0 aliphatic carbocycles. The van der Waals surface area contributed by atoms with Crippen LogP contribution in [0.15, 0.2) is 84.9 Å². The first-order valence-electron chi connectivity index (χ1n) is 15.8. The number of benzene rings is 4. The Labute approximate surface area is 273 Å². The number of fused-ring (bicyclic) bond motifs is 2. The average molecular weight is 637 g/mol. The maximum Gasteiger partial charge on any atom is 0.251 e. The van der Waals surface area contributed by atoms with Crippen molar-refractivity contribution in [1.29, 1.82) is 0 Å². The first-order chi connectivity index (χ1) is 22.8. The molecule has 0 fully saturated rings. The Morgan fingerprint density at radius 1 is 0.936 bits per heavy atom. The highest BCUT2D eigenvalue weighted by Gasteiger charge is 2.29. The van der Waals surface area contributed by atoms with Crippen molar-refractivity contribution in [3.63, 3.8) is 0 Å². The van der Waals surface area contributed by atoms with Crippen LogP contribution in [0.5, 0.6) is 11.5 Å². The maximum atomic E-state index is 14.0. The van der Waals surface area contributed by atoms with Crippen LogP contribution in [-0.2, 0) is 12.8 Å². The van der Waals surface area contributed by atoms with Gasteiger partial charge in [-0.15, -0.1) is 0 Å². The van der Waals surface area contributed by atoms with Crippen LogP contribution in [0.25, 0.3) is 10.9 Å². The molecule has 1 atom stereocenters. The summed E-state index contributed by atoms with van der Waals surface area (Å²) in [7, 11) is 3.22. The number of hydrogen-bond acceptors (Lipinski definition) is 6. The number of aromatic nitrogens is 1. The summed E-state index contributed by atoms with van der Waals surface area (Å²) in [6.45, 7) is 3.75. The Morgan fingerprint density at radius 2 is 1.70 bits per heavy atom. The third-order valence-electron chi connectivity index (χ3n) is 8.67. The summed E-state index contributed by atoms with van der Waals surface area (Å²) in [4.78, 5) is 20.2. The molecule has 1 aromatic heterocycles. The fourth-order valence-corrected chi connectivity index (χ4v) is 6.46. The summed E-state index contributed by atoms with van der Waals surface area (Å²) in [6, 6.07) is 25.0. The molecule has 2 N–H and O–H groups in total. The lowest BCUT2D eigenvalue weighted by molar-refractivity contribution is 0.0940. The Balaban J connectivity index is 1.15. The van der Waals surface area contributed by atoms with E-state index >= 15 is 0 Å². The number of anilines is 2. The molecular weight excluding hydrogens is 598 g/mol. The number of rotatable bonds is 11. The van der Waals surface area contributed by atoms with Gasteiger partial charge in [0.2, 0.25) is 0 Å². The number of amides is 1. The molecule has 5 aromatic rings. The summed E-state index contributed by atoms with van der Waals surface area (Å²) < 4.78 is 39.1. The lowest BCUT2D eigenvalue weighted by Gasteiger charge is -2.38. The van der Waals surface area contributed by atoms with Gasteiger partial charge in [-0.25, -0.2) is 8.78 Å². The lowest BCUT2D eigenvalue weighted by atomic mass is 9.88. The second-order valence-electron chi connectivity index (χ2n) is 11.8. The first-order valence-corrected chi connectivity index (χ1v) is 15.8. The number of para-hydroxylation sites is 1. The molecule has 0 spiro atoms. The number of nitrogens with zero attached hydrogens (tertiary/aromatic N) is 2. The van der Waals surface area contributed by atoms with Gasteiger partial charge >= 0.3 is 0 Å². The molecule has 47 heavy (non-hydrogen) atoms. The third kappa shape index (κ3) is 7.36. The number of carbonyl (C=O) groups is 1. The number of pyridine rings is 1. The molecule has 1 amide bonds. The van der Waals surface area contributed by atoms with Crippen LogP contribution in [0, 0.1) is 18.6 Å². The quantitative estimate of drug-likeness (QED) is 0.156. The van der Waals surface area contributed by atoms with Gasteiger partial charge in [-0.05, 0) is 97.5 Å². The molecule has 0 saturated carbocycles. The van der Waals surface area contributed by atoms with E-state index in [-0.39, 0.29) is 11.9 Å². The van der Waals surface area contributed by atoms with Crippen LogP contribution >= 0.6 is 0 Å². The number of methoxy groups -OCH3 is 2. The van der Waals surface area contributed by atoms with E-state index in [9.17, 15) is 13.6 Å². The predicted molar refractivity (Wildman–Crippen MR) is 181 cm³/mol. The maximum absolute atomic E-state index is 14.0. The van der Waals surface area contributed by atoms with Crippen LogP contribution in [0.2, 0.25) is 0 Å². The van der Waals surface area contributed by atoms with Gasteiger partial charge in [-0.3, -0.25) is 14.7 Å². The number of hydrogen-bond donors (Lipinski definition) is 2. The first kappa shape index (κ1) is 31.9. The molecule has 0 bridgehead atoms. The molecule has 1 aliphatic heterocycles. The molecule has 1 unspecified atom stereocenters. The molecule has 1 aliphatic rings. The normalized spacial score (nSPS) is 14.4. The van der Waals surface area contributed by atoms with E-state index in [2.05, 4.69) is 20.5 Å². The predicted octanol–water partition coefficient (Wildman–Crippen LogP) is 7.54. The molecular formula is C38H38F2N4O3. The van der Waals surface area contributed by atoms with Crippen LogP contribution in [0.1, 0.15) is 45.2 Å². The Bertz CT molecular complexity index is 1890. The van der Waals surface area contributed by atoms with E-state index in [1.807, 2.05) is 67.6 Å². The summed E-state index contributed by atoms with van der Waals surface area (Å²) >= 11 is 0. The summed E-state index contributed by atoms with van der Waals surface area (Å²) in [5, 5.41) is 7.56. The molecule has 0 radical (unpaired) electrons. The molecule has 9 heteroatoms. The van der Waals surface area contributed by atoms with Crippen molar-refractivity contribution in [2.24, 2.45) is 0 Å². The highest BCUT2D eigenvalue weighted by Crippen LogP contribution is 2.40. The van der Waals surface area contributed by atoms with E-state index in [4.69, 9.17) is 9.47 Å². The topological polar surface area (TPSA) is 75.7 Å². The minimum absolute atomic E-state index is 0.0482. The zero-order valence-corrected chi connectivity index (χ0v) is 26.8. The lowest BCUT2D eigenvalue weighted by Crippen LogP contribution is -2.41. The van der Waals surface area contributed by atoms with Crippen molar-refractivity contribution >= 4 is 28.2 Å². The van der Waals surface area contributed by atoms with Gasteiger partial charge in [0.05, 0.1) is 19.7 Å². The smallest absolute Gasteiger partial charge is 0.251 e. The van der Waals surface area contributed by atoms with Crippen LogP contribution < -0.4 is 20.1 Å². The minimum Gasteiger partial charge on any atom is -0.493 e. The Kier molecular flexibility index (Phi) is 9.63. The van der Waals surface area contributed by atoms with Gasteiger partial charge in [-0.2, -0.15) is 0 Å². The highest BCUT2D eigenvalue weighted by atomic mass is 19.1. The standard InChI is InChI=1S/C38H38F2N4O3/c1-24-17-34(31-9-4-5-10-33(31)42-24)43-30-8-6-7-27(20-30)38(45)41-14-16-44-15-13-26-21-36(46-2)37(47-3)23-32(26)35(44)12-11-25-18-28(39)22-29(40)19-25/h4-10,17-23,35H,11-16H2,1-3H3,(H,41,45)(H,42,43). The zero-order valence-electron chi connectivity index (χ0n) is 26.8. The largest absolute Gasteiger partial charge is 0.493 e. The monoisotopic (exact) mass is 636 g/mol. The van der Waals surface area contributed by atoms with Gasteiger partial charge in [0.1, 0.15) is 11.6 Å². The van der Waals surface area contributed by atoms with E-state index in [1.165, 1.54) is 12.1 Å². The summed E-state index contributed by atoms with van der Waals surface area (Å²) in [6.07, 6.45) is 1.92. The van der Waals surface area contributed by atoms with Crippen LogP contribution in [-0.4, -0.2) is 49.6 Å². The number of aryl methyl sites for hydroxylation is 2. The van der Waals surface area contributed by atoms with Gasteiger partial charge in [0.25, 0.3) is 5.91 Å². The highest BCUT2D eigenvalue weighted by molar-refractivity contribution is 5.96. The SMILES string of the molecule is COc1cc2c(cc1OC)C(CCc1cc(F)cc(F)c1)N(CCNC(=O)c1cccc(Nc3cc(C)nc4ccccc34)c1)CC2.